The molecule has 2 rings (SSSR count). The van der Waals surface area contributed by atoms with E-state index >= 15 is 0 Å². The Labute approximate surface area is 179 Å². The van der Waals surface area contributed by atoms with Gasteiger partial charge in [-0.05, 0) is 39.9 Å². The van der Waals surface area contributed by atoms with Crippen molar-refractivity contribution in [2.45, 2.75) is 33.1 Å². The summed E-state index contributed by atoms with van der Waals surface area (Å²) < 4.78 is 0. The number of nitrogens with one attached hydrogen (secondary N) is 2. The van der Waals surface area contributed by atoms with E-state index in [1.54, 1.807) is 0 Å². The van der Waals surface area contributed by atoms with Crippen molar-refractivity contribution >= 4 is 41.3 Å². The maximum absolute atomic E-state index is 4.73. The molecule has 2 heterocycles. The third-order valence-electron chi connectivity index (χ3n) is 4.42. The first-order chi connectivity index (χ1) is 12.2. The molecule has 0 bridgehead atoms. The second-order valence-electron chi connectivity index (χ2n) is 6.51. The summed E-state index contributed by atoms with van der Waals surface area (Å²) in [5.41, 5.74) is 0. The highest BCUT2D eigenvalue weighted by Crippen LogP contribution is 2.13. The minimum absolute atomic E-state index is 0. The molecule has 0 amide bonds. The second kappa shape index (κ2) is 13.7. The predicted molar refractivity (Wildman–Crippen MR) is 123 cm³/mol. The molecule has 8 heteroatoms. The number of halogens is 1. The molecule has 1 fully saturated rings. The van der Waals surface area contributed by atoms with Crippen LogP contribution in [-0.4, -0.2) is 80.1 Å². The summed E-state index contributed by atoms with van der Waals surface area (Å²) in [4.78, 5) is 15.5. The van der Waals surface area contributed by atoms with E-state index in [0.717, 1.165) is 58.1 Å². The molecular formula is C18H35IN6S. The van der Waals surface area contributed by atoms with Crippen molar-refractivity contribution in [2.75, 3.05) is 59.4 Å². The van der Waals surface area contributed by atoms with Crippen LogP contribution < -0.4 is 10.6 Å². The summed E-state index contributed by atoms with van der Waals surface area (Å²) in [6, 6.07) is 0. The summed E-state index contributed by atoms with van der Waals surface area (Å²) in [7, 11) is 2.21. The third kappa shape index (κ3) is 8.96. The zero-order valence-electron chi connectivity index (χ0n) is 16.5. The van der Waals surface area contributed by atoms with Crippen molar-refractivity contribution in [1.29, 1.82) is 0 Å². The molecule has 0 unspecified atom stereocenters. The van der Waals surface area contributed by atoms with Crippen LogP contribution in [-0.2, 0) is 12.8 Å². The van der Waals surface area contributed by atoms with Crippen molar-refractivity contribution in [2.24, 2.45) is 4.99 Å². The average Bonchev–Trinajstić information content (AvgIpc) is 2.97. The number of hydrogen-bond acceptors (Lipinski definition) is 5. The fourth-order valence-electron chi connectivity index (χ4n) is 2.88. The molecule has 1 aliphatic rings. The molecule has 0 aliphatic carbocycles. The monoisotopic (exact) mass is 494 g/mol. The Balaban J connectivity index is 0.00000338. The fraction of sp³-hybridized carbons (Fsp3) is 0.778. The van der Waals surface area contributed by atoms with Gasteiger partial charge in [-0.2, -0.15) is 0 Å². The van der Waals surface area contributed by atoms with E-state index in [2.05, 4.69) is 46.3 Å². The van der Waals surface area contributed by atoms with Crippen molar-refractivity contribution in [3.8, 4) is 0 Å². The molecule has 0 spiro atoms. The SMILES string of the molecule is CCNC(=NCCN1CCCN(C)CC1)NCCc1ncc(CC)s1.I. The Morgan fingerprint density at radius 1 is 1.23 bits per heavy atom. The minimum Gasteiger partial charge on any atom is -0.357 e. The molecule has 6 nitrogen and oxygen atoms in total. The molecular weight excluding hydrogens is 459 g/mol. The molecule has 0 radical (unpaired) electrons. The number of aliphatic imine (C=N–C) groups is 1. The van der Waals surface area contributed by atoms with Crippen molar-refractivity contribution < 1.29 is 0 Å². The Morgan fingerprint density at radius 3 is 2.81 bits per heavy atom. The number of thiazole rings is 1. The summed E-state index contributed by atoms with van der Waals surface area (Å²) in [6.45, 7) is 12.6. The maximum atomic E-state index is 4.73. The molecule has 1 aliphatic heterocycles. The largest absolute Gasteiger partial charge is 0.357 e. The van der Waals surface area contributed by atoms with Crippen LogP contribution in [0.2, 0.25) is 0 Å². The molecule has 0 saturated carbocycles. The summed E-state index contributed by atoms with van der Waals surface area (Å²) in [5.74, 6) is 0.918. The molecule has 1 saturated heterocycles. The van der Waals surface area contributed by atoms with Gasteiger partial charge in [0.15, 0.2) is 5.96 Å². The van der Waals surface area contributed by atoms with Crippen molar-refractivity contribution in [1.82, 2.24) is 25.4 Å². The Morgan fingerprint density at radius 2 is 2.08 bits per heavy atom. The van der Waals surface area contributed by atoms with Gasteiger partial charge in [0.1, 0.15) is 0 Å². The lowest BCUT2D eigenvalue weighted by Crippen LogP contribution is -2.39. The van der Waals surface area contributed by atoms with Gasteiger partial charge < -0.3 is 20.4 Å². The van der Waals surface area contributed by atoms with Gasteiger partial charge in [-0.1, -0.05) is 6.92 Å². The number of hydrogen-bond donors (Lipinski definition) is 2. The first-order valence-corrected chi connectivity index (χ1v) is 10.4. The van der Waals surface area contributed by atoms with Crippen molar-refractivity contribution in [3.05, 3.63) is 16.1 Å². The van der Waals surface area contributed by atoms with Crippen LogP contribution in [0.15, 0.2) is 11.2 Å². The van der Waals surface area contributed by atoms with E-state index < -0.39 is 0 Å². The lowest BCUT2D eigenvalue weighted by Gasteiger charge is -2.19. The molecule has 2 N–H and O–H groups in total. The average molecular weight is 494 g/mol. The van der Waals surface area contributed by atoms with E-state index in [1.165, 1.54) is 29.4 Å². The Bertz CT molecular complexity index is 522. The first kappa shape index (κ1) is 23.6. The molecule has 1 aromatic heterocycles. The molecule has 1 aromatic rings. The zero-order valence-corrected chi connectivity index (χ0v) is 19.6. The molecule has 0 aromatic carbocycles. The summed E-state index contributed by atoms with van der Waals surface area (Å²) >= 11 is 1.81. The van der Waals surface area contributed by atoms with Crippen LogP contribution >= 0.6 is 35.3 Å². The van der Waals surface area contributed by atoms with Crippen LogP contribution in [0.5, 0.6) is 0 Å². The summed E-state index contributed by atoms with van der Waals surface area (Å²) in [6.07, 6.45) is 5.28. The highest BCUT2D eigenvalue weighted by Gasteiger charge is 2.11. The van der Waals surface area contributed by atoms with Crippen molar-refractivity contribution in [3.63, 3.8) is 0 Å². The van der Waals surface area contributed by atoms with E-state index in [9.17, 15) is 0 Å². The standard InChI is InChI=1S/C18H34N6S.HI/c1-4-16-15-22-17(25-16)7-8-20-18(19-5-2)21-9-12-24-11-6-10-23(3)13-14-24;/h15H,4-14H2,1-3H3,(H2,19,20,21);1H. The Kier molecular flexibility index (Phi) is 12.4. The molecule has 26 heavy (non-hydrogen) atoms. The quantitative estimate of drug-likeness (QED) is 0.329. The number of likely N-dealkylation sites (N-methyl/N-ethyl adjacent to an activating group) is 1. The lowest BCUT2D eigenvalue weighted by molar-refractivity contribution is 0.283. The normalized spacial score (nSPS) is 16.8. The Hall–Kier alpha value is -0.450. The molecule has 150 valence electrons. The maximum Gasteiger partial charge on any atom is 0.191 e. The van der Waals surface area contributed by atoms with E-state index in [4.69, 9.17) is 4.99 Å². The number of rotatable bonds is 8. The fourth-order valence-corrected chi connectivity index (χ4v) is 3.75. The van der Waals surface area contributed by atoms with Gasteiger partial charge in [-0.25, -0.2) is 4.98 Å². The van der Waals surface area contributed by atoms with Gasteiger partial charge in [0.05, 0.1) is 11.6 Å². The number of aromatic nitrogens is 1. The van der Waals surface area contributed by atoms with Gasteiger partial charge in [0, 0.05) is 50.2 Å². The topological polar surface area (TPSA) is 55.8 Å². The van der Waals surface area contributed by atoms with Gasteiger partial charge in [-0.3, -0.25) is 4.99 Å². The zero-order chi connectivity index (χ0) is 17.9. The highest BCUT2D eigenvalue weighted by atomic mass is 127. The van der Waals surface area contributed by atoms with Crippen LogP contribution in [0.1, 0.15) is 30.2 Å². The van der Waals surface area contributed by atoms with Gasteiger partial charge in [-0.15, -0.1) is 35.3 Å². The van der Waals surface area contributed by atoms with Gasteiger partial charge in [0.25, 0.3) is 0 Å². The first-order valence-electron chi connectivity index (χ1n) is 9.58. The van der Waals surface area contributed by atoms with Gasteiger partial charge >= 0.3 is 0 Å². The van der Waals surface area contributed by atoms with Gasteiger partial charge in [0.2, 0.25) is 0 Å². The predicted octanol–water partition coefficient (Wildman–Crippen LogP) is 2.06. The van der Waals surface area contributed by atoms with Crippen LogP contribution in [0.25, 0.3) is 0 Å². The van der Waals surface area contributed by atoms with E-state index in [-0.39, 0.29) is 24.0 Å². The highest BCUT2D eigenvalue weighted by molar-refractivity contribution is 14.0. The van der Waals surface area contributed by atoms with Crippen LogP contribution in [0.3, 0.4) is 0 Å². The van der Waals surface area contributed by atoms with E-state index in [0.29, 0.717) is 0 Å². The lowest BCUT2D eigenvalue weighted by atomic mass is 10.4. The third-order valence-corrected chi connectivity index (χ3v) is 5.63. The number of aryl methyl sites for hydroxylation is 1. The van der Waals surface area contributed by atoms with Crippen LogP contribution in [0, 0.1) is 0 Å². The minimum atomic E-state index is 0. The summed E-state index contributed by atoms with van der Waals surface area (Å²) in [5, 5.41) is 7.97. The van der Waals surface area contributed by atoms with Crippen LogP contribution in [0.4, 0.5) is 0 Å². The second-order valence-corrected chi connectivity index (χ2v) is 7.71. The smallest absolute Gasteiger partial charge is 0.191 e. The number of guanidine groups is 1. The molecule has 0 atom stereocenters. The number of nitrogens with zero attached hydrogens (tertiary/aromatic N) is 4. The van der Waals surface area contributed by atoms with E-state index in [1.807, 2.05) is 17.5 Å².